The number of anilines is 2. The highest BCUT2D eigenvalue weighted by molar-refractivity contribution is 5.84. The number of carbonyl (C=O) groups excluding carboxylic acids is 2. The molecule has 0 radical (unpaired) electrons. The smallest absolute Gasteiger partial charge is 0.323 e. The summed E-state index contributed by atoms with van der Waals surface area (Å²) in [5, 5.41) is 2.87. The topological polar surface area (TPSA) is 170 Å². The van der Waals surface area contributed by atoms with Gasteiger partial charge in [-0.25, -0.2) is 9.37 Å². The predicted octanol–water partition coefficient (Wildman–Crippen LogP) is 1.56. The largest absolute Gasteiger partial charge is 0.462 e. The van der Waals surface area contributed by atoms with Crippen LogP contribution in [-0.4, -0.2) is 69.0 Å². The number of halogens is 1. The second-order valence-electron chi connectivity index (χ2n) is 9.59. The number of ether oxygens (including phenoxy) is 3. The van der Waals surface area contributed by atoms with Crippen LogP contribution in [0.1, 0.15) is 47.3 Å². The quantitative estimate of drug-likeness (QED) is 0.431. The fraction of sp³-hybridized carbons (Fsp3) is 0.682. The predicted molar refractivity (Wildman–Crippen MR) is 126 cm³/mol. The second-order valence-corrected chi connectivity index (χ2v) is 9.59. The maximum Gasteiger partial charge on any atom is 0.323 e. The molecule has 2 aromatic rings. The third-order valence-electron chi connectivity index (χ3n) is 5.82. The monoisotopic (exact) mass is 495 g/mol. The number of esters is 2. The van der Waals surface area contributed by atoms with E-state index in [1.807, 2.05) is 13.8 Å². The molecule has 3 rings (SSSR count). The lowest BCUT2D eigenvalue weighted by atomic mass is 9.98. The molecule has 1 aliphatic heterocycles. The van der Waals surface area contributed by atoms with Crippen molar-refractivity contribution in [2.45, 2.75) is 71.2 Å². The first-order chi connectivity index (χ1) is 16.4. The van der Waals surface area contributed by atoms with E-state index in [-0.39, 0.29) is 36.5 Å². The van der Waals surface area contributed by atoms with E-state index in [0.717, 1.165) is 0 Å². The number of hydrogen-bond donors (Lipinski definition) is 3. The molecule has 35 heavy (non-hydrogen) atoms. The van der Waals surface area contributed by atoms with Crippen LogP contribution < -0.4 is 16.8 Å². The van der Waals surface area contributed by atoms with Gasteiger partial charge in [-0.3, -0.25) is 14.2 Å². The Morgan fingerprint density at radius 1 is 1.31 bits per heavy atom. The van der Waals surface area contributed by atoms with Crippen LogP contribution in [0.5, 0.6) is 0 Å². The lowest BCUT2D eigenvalue weighted by Crippen LogP contribution is -2.45. The first kappa shape index (κ1) is 26.5. The Kier molecular flexibility index (Phi) is 7.80. The summed E-state index contributed by atoms with van der Waals surface area (Å²) in [5.41, 5.74) is 10.0. The zero-order valence-electron chi connectivity index (χ0n) is 20.8. The second kappa shape index (κ2) is 10.3. The fourth-order valence-corrected chi connectivity index (χ4v) is 3.86. The maximum absolute atomic E-state index is 16.4. The minimum atomic E-state index is -2.24. The number of carbonyl (C=O) groups is 2. The van der Waals surface area contributed by atoms with Gasteiger partial charge in [0.05, 0.1) is 6.33 Å². The lowest BCUT2D eigenvalue weighted by Gasteiger charge is -2.28. The Morgan fingerprint density at radius 2 is 2.00 bits per heavy atom. The Labute approximate surface area is 202 Å². The summed E-state index contributed by atoms with van der Waals surface area (Å²) in [6.07, 6.45) is -2.36. The van der Waals surface area contributed by atoms with Crippen LogP contribution in [0.3, 0.4) is 0 Å². The Balaban J connectivity index is 1.95. The molecule has 5 N–H and O–H groups in total. The maximum atomic E-state index is 16.4. The van der Waals surface area contributed by atoms with Crippen molar-refractivity contribution in [3.05, 3.63) is 6.33 Å². The van der Waals surface area contributed by atoms with Crippen LogP contribution in [0.2, 0.25) is 0 Å². The van der Waals surface area contributed by atoms with Gasteiger partial charge in [-0.2, -0.15) is 9.97 Å². The van der Waals surface area contributed by atoms with Crippen LogP contribution in [0, 0.1) is 11.8 Å². The summed E-state index contributed by atoms with van der Waals surface area (Å²) in [6.45, 7) is 8.14. The molecule has 0 saturated carbocycles. The summed E-state index contributed by atoms with van der Waals surface area (Å²) in [6, 6.07) is -0.858. The summed E-state index contributed by atoms with van der Waals surface area (Å²) in [7, 11) is 1.64. The van der Waals surface area contributed by atoms with Crippen LogP contribution in [0.15, 0.2) is 6.33 Å². The third-order valence-corrected chi connectivity index (χ3v) is 5.82. The van der Waals surface area contributed by atoms with Gasteiger partial charge in [-0.1, -0.05) is 27.7 Å². The third kappa shape index (κ3) is 5.45. The molecule has 0 amide bonds. The van der Waals surface area contributed by atoms with Crippen molar-refractivity contribution in [3.8, 4) is 0 Å². The Morgan fingerprint density at radius 3 is 2.60 bits per heavy atom. The minimum Gasteiger partial charge on any atom is -0.462 e. The molecule has 0 spiro atoms. The summed E-state index contributed by atoms with van der Waals surface area (Å²) < 4.78 is 34.6. The van der Waals surface area contributed by atoms with Gasteiger partial charge in [0, 0.05) is 13.5 Å². The van der Waals surface area contributed by atoms with Gasteiger partial charge in [0.2, 0.25) is 5.95 Å². The first-order valence-corrected chi connectivity index (χ1v) is 11.5. The molecule has 194 valence electrons. The molecule has 3 heterocycles. The van der Waals surface area contributed by atoms with Crippen LogP contribution in [-0.2, 0) is 23.8 Å². The van der Waals surface area contributed by atoms with E-state index in [0.29, 0.717) is 11.3 Å². The average molecular weight is 496 g/mol. The molecule has 0 aliphatic carbocycles. The van der Waals surface area contributed by atoms with Gasteiger partial charge in [-0.15, -0.1) is 0 Å². The van der Waals surface area contributed by atoms with Crippen molar-refractivity contribution < 1.29 is 28.2 Å². The average Bonchev–Trinajstić information content (AvgIpc) is 3.28. The molecule has 0 aromatic carbocycles. The van der Waals surface area contributed by atoms with Crippen LogP contribution >= 0.6 is 0 Å². The molecule has 2 aromatic heterocycles. The van der Waals surface area contributed by atoms with Gasteiger partial charge in [0.25, 0.3) is 0 Å². The van der Waals surface area contributed by atoms with Gasteiger partial charge >= 0.3 is 11.9 Å². The summed E-state index contributed by atoms with van der Waals surface area (Å²) in [5.74, 6) is -1.09. The van der Waals surface area contributed by atoms with E-state index >= 15 is 4.39 Å². The van der Waals surface area contributed by atoms with Crippen molar-refractivity contribution in [2.24, 2.45) is 17.6 Å². The molecule has 1 saturated heterocycles. The highest BCUT2D eigenvalue weighted by atomic mass is 19.1. The van der Waals surface area contributed by atoms with E-state index in [2.05, 4.69) is 20.3 Å². The number of imidazole rings is 1. The highest BCUT2D eigenvalue weighted by Crippen LogP contribution is 2.44. The van der Waals surface area contributed by atoms with Crippen molar-refractivity contribution in [2.75, 3.05) is 24.7 Å². The van der Waals surface area contributed by atoms with Gasteiger partial charge in [0.1, 0.15) is 18.8 Å². The van der Waals surface area contributed by atoms with Crippen LogP contribution in [0.4, 0.5) is 16.2 Å². The van der Waals surface area contributed by atoms with Gasteiger partial charge in [-0.05, 0) is 18.8 Å². The Bertz CT molecular complexity index is 1070. The molecule has 13 heteroatoms. The van der Waals surface area contributed by atoms with Gasteiger partial charge in [0.15, 0.2) is 35.0 Å². The summed E-state index contributed by atoms with van der Waals surface area (Å²) >= 11 is 0. The zero-order chi connectivity index (χ0) is 26.1. The molecule has 0 bridgehead atoms. The number of nitrogen functional groups attached to an aromatic ring is 1. The fourth-order valence-electron chi connectivity index (χ4n) is 3.86. The van der Waals surface area contributed by atoms with E-state index in [4.69, 9.17) is 25.7 Å². The van der Waals surface area contributed by atoms with Crippen molar-refractivity contribution in [1.82, 2.24) is 19.5 Å². The van der Waals surface area contributed by atoms with Gasteiger partial charge < -0.3 is 31.0 Å². The molecular formula is C22H34FN7O5. The van der Waals surface area contributed by atoms with Crippen LogP contribution in [0.25, 0.3) is 11.2 Å². The van der Waals surface area contributed by atoms with E-state index in [1.54, 1.807) is 20.9 Å². The number of aromatic nitrogens is 4. The number of fused-ring (bicyclic) bond motifs is 1. The highest BCUT2D eigenvalue weighted by Gasteiger charge is 2.58. The molecule has 0 unspecified atom stereocenters. The van der Waals surface area contributed by atoms with Crippen molar-refractivity contribution in [3.63, 3.8) is 0 Å². The minimum absolute atomic E-state index is 0.00374. The number of rotatable bonds is 9. The summed E-state index contributed by atoms with van der Waals surface area (Å²) in [4.78, 5) is 37.3. The number of nitrogens with one attached hydrogen (secondary N) is 1. The standard InChI is InChI=1S/C22H34FN7O5/c1-10(2)7-13(31)35-16-12(8-33-19(32)14(24)11(3)4)34-20(22(16,5)23)30-9-27-15-17(26-6)28-21(25)29-18(15)30/h9-12,14,16,20H,7-8,24H2,1-6H3,(H3,25,26,28,29)/t12-,14+,16-,20-,22-/m1/s1. The van der Waals surface area contributed by atoms with E-state index < -0.39 is 42.1 Å². The zero-order valence-corrected chi connectivity index (χ0v) is 20.8. The normalized spacial score (nSPS) is 25.3. The van der Waals surface area contributed by atoms with E-state index in [9.17, 15) is 9.59 Å². The molecule has 1 aliphatic rings. The molecular weight excluding hydrogens is 461 g/mol. The molecule has 1 fully saturated rings. The first-order valence-electron chi connectivity index (χ1n) is 11.5. The molecule has 5 atom stereocenters. The van der Waals surface area contributed by atoms with Crippen molar-refractivity contribution >= 4 is 34.9 Å². The number of nitrogens with two attached hydrogens (primary N) is 2. The SMILES string of the molecule is CNc1nc(N)nc2c1ncn2[C@@H]1O[C@H](COC(=O)[C@@H](N)C(C)C)[C@@H](OC(=O)CC(C)C)[C@@]1(C)F. The Hall–Kier alpha value is -3.06. The molecule has 12 nitrogen and oxygen atoms in total. The number of hydrogen-bond acceptors (Lipinski definition) is 11. The number of alkyl halides is 1. The van der Waals surface area contributed by atoms with Crippen molar-refractivity contribution in [1.29, 1.82) is 0 Å². The number of nitrogens with zero attached hydrogens (tertiary/aromatic N) is 4. The van der Waals surface area contributed by atoms with E-state index in [1.165, 1.54) is 17.8 Å². The lowest BCUT2D eigenvalue weighted by molar-refractivity contribution is -0.162.